The first-order chi connectivity index (χ1) is 26.8. The van der Waals surface area contributed by atoms with Crippen LogP contribution in [0.25, 0.3) is 71.6 Å². The van der Waals surface area contributed by atoms with Crippen LogP contribution in [0, 0.1) is 0 Å². The van der Waals surface area contributed by atoms with Crippen molar-refractivity contribution in [2.24, 2.45) is 0 Å². The monoisotopic (exact) mass is 688 g/mol. The van der Waals surface area contributed by atoms with Gasteiger partial charge in [-0.15, -0.1) is 0 Å². The van der Waals surface area contributed by atoms with E-state index >= 15 is 0 Å². The smallest absolute Gasteiger partial charge is 0.0541 e. The summed E-state index contributed by atoms with van der Waals surface area (Å²) in [6.07, 6.45) is 0. The number of rotatable bonds is 7. The fraction of sp³-hybridized carbons (Fsp3) is 0. The maximum atomic E-state index is 2.37. The molecule has 0 amide bonds. The molecule has 0 N–H and O–H groups in total. The minimum Gasteiger partial charge on any atom is -0.310 e. The molecule has 0 atom stereocenters. The highest BCUT2D eigenvalue weighted by Gasteiger charge is 2.17. The summed E-state index contributed by atoms with van der Waals surface area (Å²) < 4.78 is 2.36. The predicted octanol–water partition coefficient (Wildman–Crippen LogP) is 14.4. The van der Waals surface area contributed by atoms with E-state index in [9.17, 15) is 0 Å². The molecular weight excluding hydrogens is 653 g/mol. The first-order valence-corrected chi connectivity index (χ1v) is 18.5. The van der Waals surface area contributed by atoms with Crippen LogP contribution in [0.15, 0.2) is 218 Å². The fourth-order valence-electron chi connectivity index (χ4n) is 8.01. The summed E-state index contributed by atoms with van der Waals surface area (Å²) in [6.45, 7) is 0. The molecule has 10 rings (SSSR count). The van der Waals surface area contributed by atoms with E-state index in [2.05, 4.69) is 228 Å². The van der Waals surface area contributed by atoms with Crippen molar-refractivity contribution in [3.8, 4) is 39.1 Å². The van der Waals surface area contributed by atoms with E-state index in [1.54, 1.807) is 0 Å². The van der Waals surface area contributed by atoms with Gasteiger partial charge in [0.25, 0.3) is 0 Å². The normalized spacial score (nSPS) is 11.3. The molecule has 254 valence electrons. The van der Waals surface area contributed by atoms with Gasteiger partial charge in [-0.25, -0.2) is 0 Å². The molecule has 0 unspecified atom stereocenters. The summed E-state index contributed by atoms with van der Waals surface area (Å²) in [5.74, 6) is 0. The van der Waals surface area contributed by atoms with E-state index in [1.807, 2.05) is 0 Å². The Morgan fingerprint density at radius 1 is 0.278 bits per heavy atom. The van der Waals surface area contributed by atoms with Crippen LogP contribution in [0.4, 0.5) is 17.1 Å². The Balaban J connectivity index is 0.956. The minimum absolute atomic E-state index is 1.11. The molecule has 10 aromatic rings. The van der Waals surface area contributed by atoms with Gasteiger partial charge < -0.3 is 9.47 Å². The summed E-state index contributed by atoms with van der Waals surface area (Å²) in [5.41, 5.74) is 14.2. The number of para-hydroxylation sites is 3. The van der Waals surface area contributed by atoms with Gasteiger partial charge in [0.05, 0.1) is 16.7 Å². The van der Waals surface area contributed by atoms with Crippen molar-refractivity contribution in [3.05, 3.63) is 218 Å². The van der Waals surface area contributed by atoms with Crippen LogP contribution in [0.1, 0.15) is 0 Å². The van der Waals surface area contributed by atoms with Crippen LogP contribution in [-0.4, -0.2) is 4.57 Å². The zero-order chi connectivity index (χ0) is 35.8. The van der Waals surface area contributed by atoms with E-state index in [-0.39, 0.29) is 0 Å². The zero-order valence-corrected chi connectivity index (χ0v) is 29.7. The van der Waals surface area contributed by atoms with Crippen molar-refractivity contribution in [1.29, 1.82) is 0 Å². The molecule has 0 radical (unpaired) electrons. The Morgan fingerprint density at radius 3 is 1.28 bits per heavy atom. The molecule has 0 bridgehead atoms. The van der Waals surface area contributed by atoms with Crippen LogP contribution in [-0.2, 0) is 0 Å². The van der Waals surface area contributed by atoms with Gasteiger partial charge in [0.2, 0.25) is 0 Å². The molecule has 0 aliphatic carbocycles. The third-order valence-electron chi connectivity index (χ3n) is 10.6. The molecule has 0 fully saturated rings. The molecular formula is C52H36N2. The van der Waals surface area contributed by atoms with Crippen molar-refractivity contribution in [2.75, 3.05) is 4.90 Å². The van der Waals surface area contributed by atoms with Gasteiger partial charge in [0, 0.05) is 33.2 Å². The molecule has 9 aromatic carbocycles. The average molecular weight is 689 g/mol. The molecule has 2 nitrogen and oxygen atoms in total. The molecule has 0 saturated heterocycles. The van der Waals surface area contributed by atoms with E-state index in [1.165, 1.54) is 66.0 Å². The Hall–Kier alpha value is -7.16. The fourth-order valence-corrected chi connectivity index (χ4v) is 8.01. The number of hydrogen-bond acceptors (Lipinski definition) is 1. The molecule has 0 aliphatic heterocycles. The van der Waals surface area contributed by atoms with Gasteiger partial charge in [-0.05, 0) is 93.4 Å². The van der Waals surface area contributed by atoms with Gasteiger partial charge in [0.1, 0.15) is 0 Å². The molecule has 0 spiro atoms. The minimum atomic E-state index is 1.11. The van der Waals surface area contributed by atoms with E-state index in [0.29, 0.717) is 0 Å². The van der Waals surface area contributed by atoms with Crippen molar-refractivity contribution in [2.45, 2.75) is 0 Å². The number of nitrogens with zero attached hydrogens (tertiary/aromatic N) is 2. The van der Waals surface area contributed by atoms with Gasteiger partial charge in [0.15, 0.2) is 0 Å². The quantitative estimate of drug-likeness (QED) is 0.162. The maximum absolute atomic E-state index is 2.37. The summed E-state index contributed by atoms with van der Waals surface area (Å²) in [7, 11) is 0. The van der Waals surface area contributed by atoms with Gasteiger partial charge in [-0.2, -0.15) is 0 Å². The van der Waals surface area contributed by atoms with Crippen molar-refractivity contribution in [3.63, 3.8) is 0 Å². The number of anilines is 3. The molecule has 1 heterocycles. The van der Waals surface area contributed by atoms with Crippen molar-refractivity contribution < 1.29 is 0 Å². The van der Waals surface area contributed by atoms with Gasteiger partial charge in [-0.1, -0.05) is 164 Å². The lowest BCUT2D eigenvalue weighted by molar-refractivity contribution is 1.18. The van der Waals surface area contributed by atoms with Crippen LogP contribution in [0.2, 0.25) is 0 Å². The first kappa shape index (κ1) is 31.6. The Kier molecular flexibility index (Phi) is 7.85. The molecule has 54 heavy (non-hydrogen) atoms. The maximum Gasteiger partial charge on any atom is 0.0541 e. The third kappa shape index (κ3) is 5.53. The number of hydrogen-bond donors (Lipinski definition) is 0. The summed E-state index contributed by atoms with van der Waals surface area (Å²) >= 11 is 0. The number of fused-ring (bicyclic) bond motifs is 4. The highest BCUT2D eigenvalue weighted by Crippen LogP contribution is 2.42. The molecule has 0 saturated carbocycles. The zero-order valence-electron chi connectivity index (χ0n) is 29.7. The second kappa shape index (κ2) is 13.4. The predicted molar refractivity (Wildman–Crippen MR) is 229 cm³/mol. The Bertz CT molecular complexity index is 2830. The highest BCUT2D eigenvalue weighted by molar-refractivity contribution is 6.09. The largest absolute Gasteiger partial charge is 0.310 e. The molecule has 1 aromatic heterocycles. The summed E-state index contributed by atoms with van der Waals surface area (Å²) in [4.78, 5) is 2.37. The second-order valence-electron chi connectivity index (χ2n) is 13.8. The first-order valence-electron chi connectivity index (χ1n) is 18.5. The SMILES string of the molecule is c1ccc(-c2ccc(N(c3ccccc3)c3ccc(-c4ccc(-c5ccc(-n6c7ccccc7c7ccccc76)cc5)cc4)cc3)c3ccccc23)cc1. The Labute approximate surface area is 315 Å². The number of benzene rings is 9. The summed E-state index contributed by atoms with van der Waals surface area (Å²) in [5, 5.41) is 5.00. The van der Waals surface area contributed by atoms with Gasteiger partial charge >= 0.3 is 0 Å². The number of aromatic nitrogens is 1. The van der Waals surface area contributed by atoms with E-state index in [0.717, 1.165) is 22.7 Å². The molecule has 0 aliphatic rings. The highest BCUT2D eigenvalue weighted by atomic mass is 15.1. The van der Waals surface area contributed by atoms with Crippen LogP contribution < -0.4 is 4.90 Å². The topological polar surface area (TPSA) is 8.17 Å². The lowest BCUT2D eigenvalue weighted by Crippen LogP contribution is -2.10. The lowest BCUT2D eigenvalue weighted by Gasteiger charge is -2.27. The van der Waals surface area contributed by atoms with Crippen LogP contribution >= 0.6 is 0 Å². The van der Waals surface area contributed by atoms with Crippen LogP contribution in [0.5, 0.6) is 0 Å². The van der Waals surface area contributed by atoms with Gasteiger partial charge in [-0.3, -0.25) is 0 Å². The van der Waals surface area contributed by atoms with E-state index < -0.39 is 0 Å². The van der Waals surface area contributed by atoms with Crippen molar-refractivity contribution >= 4 is 49.6 Å². The van der Waals surface area contributed by atoms with E-state index in [4.69, 9.17) is 0 Å². The third-order valence-corrected chi connectivity index (χ3v) is 10.6. The Morgan fingerprint density at radius 2 is 0.704 bits per heavy atom. The van der Waals surface area contributed by atoms with Crippen molar-refractivity contribution in [1.82, 2.24) is 4.57 Å². The average Bonchev–Trinajstić information content (AvgIpc) is 3.59. The second-order valence-corrected chi connectivity index (χ2v) is 13.8. The summed E-state index contributed by atoms with van der Waals surface area (Å²) in [6, 6.07) is 78.7. The standard InChI is InChI=1S/C52H36N2/c1-3-13-41(14-4-1)45-35-36-52(47-18-8-7-17-46(45)47)53(42-15-5-2-6-16-42)43-31-27-39(28-32-43)37-23-25-38(26-24-37)40-29-33-44(34-30-40)54-50-21-11-9-19-48(50)49-20-10-12-22-51(49)54/h1-36H. The van der Waals surface area contributed by atoms with Crippen LogP contribution in [0.3, 0.4) is 0 Å². The molecule has 2 heteroatoms. The lowest BCUT2D eigenvalue weighted by atomic mass is 9.96.